The predicted octanol–water partition coefficient (Wildman–Crippen LogP) is 2.82. The predicted molar refractivity (Wildman–Crippen MR) is 83.0 cm³/mol. The summed E-state index contributed by atoms with van der Waals surface area (Å²) in [5.74, 6) is 0.585. The van der Waals surface area contributed by atoms with Crippen LogP contribution in [-0.2, 0) is 10.0 Å². The summed E-state index contributed by atoms with van der Waals surface area (Å²) >= 11 is 3.26. The highest BCUT2D eigenvalue weighted by atomic mass is 79.9. The Labute approximate surface area is 131 Å². The molecular formula is C14H13BrN2O3S. The normalized spacial score (nSPS) is 15.0. The number of ether oxygens (including phenoxy) is 1. The number of aromatic nitrogens is 1. The van der Waals surface area contributed by atoms with E-state index in [4.69, 9.17) is 4.74 Å². The molecule has 0 fully saturated rings. The van der Waals surface area contributed by atoms with Crippen LogP contribution < -0.4 is 9.04 Å². The second-order valence-corrected chi connectivity index (χ2v) is 7.36. The van der Waals surface area contributed by atoms with Crippen LogP contribution in [0.1, 0.15) is 6.42 Å². The summed E-state index contributed by atoms with van der Waals surface area (Å²) in [6.07, 6.45) is 3.54. The summed E-state index contributed by atoms with van der Waals surface area (Å²) in [5, 5.41) is 0. The number of anilines is 1. The quantitative estimate of drug-likeness (QED) is 0.817. The molecular weight excluding hydrogens is 356 g/mol. The molecule has 3 rings (SSSR count). The Balaban J connectivity index is 2.11. The number of fused-ring (bicyclic) bond motifs is 1. The van der Waals surface area contributed by atoms with E-state index in [0.29, 0.717) is 35.5 Å². The van der Waals surface area contributed by atoms with Crippen LogP contribution in [0.3, 0.4) is 0 Å². The zero-order valence-electron chi connectivity index (χ0n) is 11.1. The summed E-state index contributed by atoms with van der Waals surface area (Å²) in [5.41, 5.74) is 0.565. The molecule has 5 nitrogen and oxygen atoms in total. The Bertz CT molecular complexity index is 764. The van der Waals surface area contributed by atoms with Crippen molar-refractivity contribution in [2.45, 2.75) is 11.3 Å². The molecule has 0 N–H and O–H groups in total. The Kier molecular flexibility index (Phi) is 3.86. The fourth-order valence-electron chi connectivity index (χ4n) is 2.21. The third-order valence-corrected chi connectivity index (χ3v) is 5.38. The first kappa shape index (κ1) is 14.3. The first-order valence-electron chi connectivity index (χ1n) is 6.44. The lowest BCUT2D eigenvalue weighted by molar-refractivity contribution is 0.322. The van der Waals surface area contributed by atoms with E-state index >= 15 is 0 Å². The minimum Gasteiger partial charge on any atom is -0.491 e. The smallest absolute Gasteiger partial charge is 0.266 e. The van der Waals surface area contributed by atoms with Crippen molar-refractivity contribution in [3.63, 3.8) is 0 Å². The summed E-state index contributed by atoms with van der Waals surface area (Å²) < 4.78 is 33.3. The number of benzene rings is 1. The van der Waals surface area contributed by atoms with Crippen LogP contribution in [0.2, 0.25) is 0 Å². The van der Waals surface area contributed by atoms with Gasteiger partial charge in [-0.05, 0) is 34.1 Å². The van der Waals surface area contributed by atoms with E-state index in [1.165, 1.54) is 10.5 Å². The van der Waals surface area contributed by atoms with Crippen LogP contribution in [0.5, 0.6) is 5.75 Å². The molecule has 1 aliphatic heterocycles. The van der Waals surface area contributed by atoms with Crippen LogP contribution >= 0.6 is 15.9 Å². The molecule has 0 bridgehead atoms. The van der Waals surface area contributed by atoms with Gasteiger partial charge in [-0.2, -0.15) is 0 Å². The highest BCUT2D eigenvalue weighted by Gasteiger charge is 2.29. The molecule has 0 aliphatic carbocycles. The van der Waals surface area contributed by atoms with E-state index in [2.05, 4.69) is 20.9 Å². The van der Waals surface area contributed by atoms with E-state index in [9.17, 15) is 8.42 Å². The van der Waals surface area contributed by atoms with Gasteiger partial charge in [0.25, 0.3) is 10.0 Å². The van der Waals surface area contributed by atoms with E-state index < -0.39 is 10.0 Å². The monoisotopic (exact) mass is 368 g/mol. The Morgan fingerprint density at radius 2 is 2.05 bits per heavy atom. The summed E-state index contributed by atoms with van der Waals surface area (Å²) in [4.78, 5) is 4.10. The maximum absolute atomic E-state index is 12.9. The molecule has 2 heterocycles. The van der Waals surface area contributed by atoms with Gasteiger partial charge in [-0.1, -0.05) is 12.1 Å². The zero-order valence-corrected chi connectivity index (χ0v) is 13.5. The molecule has 1 aliphatic rings. The maximum atomic E-state index is 12.9. The lowest BCUT2D eigenvalue weighted by atomic mass is 10.3. The highest BCUT2D eigenvalue weighted by Crippen LogP contribution is 2.34. The maximum Gasteiger partial charge on any atom is 0.266 e. The summed E-state index contributed by atoms with van der Waals surface area (Å²) in [6.45, 7) is 0.881. The third kappa shape index (κ3) is 2.75. The largest absolute Gasteiger partial charge is 0.491 e. The fraction of sp³-hybridized carbons (Fsp3) is 0.214. The van der Waals surface area contributed by atoms with Gasteiger partial charge in [0.2, 0.25) is 0 Å². The van der Waals surface area contributed by atoms with Gasteiger partial charge in [0.1, 0.15) is 10.6 Å². The van der Waals surface area contributed by atoms with E-state index in [0.717, 1.165) is 0 Å². The summed E-state index contributed by atoms with van der Waals surface area (Å²) in [7, 11) is -3.66. The van der Waals surface area contributed by atoms with Crippen LogP contribution in [-0.4, -0.2) is 26.6 Å². The van der Waals surface area contributed by atoms with Crippen molar-refractivity contribution >= 4 is 31.6 Å². The van der Waals surface area contributed by atoms with Crippen molar-refractivity contribution < 1.29 is 13.2 Å². The van der Waals surface area contributed by atoms with Crippen LogP contribution in [0.25, 0.3) is 0 Å². The van der Waals surface area contributed by atoms with Gasteiger partial charge in [0, 0.05) is 29.8 Å². The average Bonchev–Trinajstić information content (AvgIpc) is 2.70. The minimum absolute atomic E-state index is 0.161. The SMILES string of the molecule is O=S(=O)(c1cncc(Br)c1)N1CCCOc2ccccc21. The summed E-state index contributed by atoms with van der Waals surface area (Å²) in [6, 6.07) is 8.72. The molecule has 21 heavy (non-hydrogen) atoms. The van der Waals surface area contributed by atoms with Crippen molar-refractivity contribution in [2.24, 2.45) is 0 Å². The molecule has 2 aromatic rings. The molecule has 0 radical (unpaired) electrons. The standard InChI is InChI=1S/C14H13BrN2O3S/c15-11-8-12(10-16-9-11)21(18,19)17-6-3-7-20-14-5-2-1-4-13(14)17/h1-2,4-5,8-10H,3,6-7H2. The van der Waals surface area contributed by atoms with Crippen LogP contribution in [0, 0.1) is 0 Å². The van der Waals surface area contributed by atoms with Crippen molar-refractivity contribution in [3.8, 4) is 5.75 Å². The van der Waals surface area contributed by atoms with Crippen LogP contribution in [0.15, 0.2) is 52.1 Å². The Morgan fingerprint density at radius 1 is 1.24 bits per heavy atom. The second kappa shape index (κ2) is 5.65. The molecule has 0 spiro atoms. The van der Waals surface area contributed by atoms with Gasteiger partial charge in [0.05, 0.1) is 12.3 Å². The molecule has 0 saturated carbocycles. The number of para-hydroxylation sites is 2. The number of rotatable bonds is 2. The Hall–Kier alpha value is -1.60. The lowest BCUT2D eigenvalue weighted by Crippen LogP contribution is -2.31. The zero-order chi connectivity index (χ0) is 14.9. The van der Waals surface area contributed by atoms with Gasteiger partial charge in [0.15, 0.2) is 0 Å². The van der Waals surface area contributed by atoms with Gasteiger partial charge in [-0.3, -0.25) is 9.29 Å². The third-order valence-electron chi connectivity index (χ3n) is 3.16. The van der Waals surface area contributed by atoms with Crippen LogP contribution in [0.4, 0.5) is 5.69 Å². The molecule has 0 atom stereocenters. The van der Waals surface area contributed by atoms with Crippen molar-refractivity contribution in [1.29, 1.82) is 0 Å². The van der Waals surface area contributed by atoms with Gasteiger partial charge >= 0.3 is 0 Å². The minimum atomic E-state index is -3.66. The first-order valence-corrected chi connectivity index (χ1v) is 8.67. The van der Waals surface area contributed by atoms with E-state index in [1.54, 1.807) is 30.5 Å². The number of halogens is 1. The molecule has 1 aromatic heterocycles. The number of hydrogen-bond donors (Lipinski definition) is 0. The van der Waals surface area contributed by atoms with Crippen molar-refractivity contribution in [2.75, 3.05) is 17.5 Å². The molecule has 0 saturated heterocycles. The number of sulfonamides is 1. The number of nitrogens with zero attached hydrogens (tertiary/aromatic N) is 2. The van der Waals surface area contributed by atoms with Crippen molar-refractivity contribution in [1.82, 2.24) is 4.98 Å². The topological polar surface area (TPSA) is 59.5 Å². The Morgan fingerprint density at radius 3 is 2.86 bits per heavy atom. The molecule has 7 heteroatoms. The van der Waals surface area contributed by atoms with Gasteiger partial charge in [-0.25, -0.2) is 8.42 Å². The average molecular weight is 369 g/mol. The fourth-order valence-corrected chi connectivity index (χ4v) is 4.23. The highest BCUT2D eigenvalue weighted by molar-refractivity contribution is 9.10. The molecule has 0 unspecified atom stereocenters. The molecule has 1 aromatic carbocycles. The number of hydrogen-bond acceptors (Lipinski definition) is 4. The van der Waals surface area contributed by atoms with E-state index in [1.807, 2.05) is 6.07 Å². The lowest BCUT2D eigenvalue weighted by Gasteiger charge is -2.23. The first-order chi connectivity index (χ1) is 10.1. The molecule has 0 amide bonds. The second-order valence-electron chi connectivity index (χ2n) is 4.59. The van der Waals surface area contributed by atoms with E-state index in [-0.39, 0.29) is 4.90 Å². The van der Waals surface area contributed by atoms with Crippen molar-refractivity contribution in [3.05, 3.63) is 47.2 Å². The number of pyridine rings is 1. The molecule has 110 valence electrons. The van der Waals surface area contributed by atoms with Gasteiger partial charge in [-0.15, -0.1) is 0 Å². The van der Waals surface area contributed by atoms with Gasteiger partial charge < -0.3 is 4.74 Å².